The molecule has 0 aromatic carbocycles. The zero-order chi connectivity index (χ0) is 25.4. The fourth-order valence-corrected chi connectivity index (χ4v) is 3.95. The minimum absolute atomic E-state index is 0.201. The van der Waals surface area contributed by atoms with Gasteiger partial charge >= 0.3 is 35.8 Å². The number of rotatable bonds is 11. The Hall–Kier alpha value is -0.910. The molecule has 13 heteroatoms. The van der Waals surface area contributed by atoms with Crippen LogP contribution in [0.1, 0.15) is 51.9 Å². The molecule has 1 aliphatic carbocycles. The lowest BCUT2D eigenvalue weighted by molar-refractivity contribution is -0.444. The summed E-state index contributed by atoms with van der Waals surface area (Å²) in [6.45, 7) is 5.04. The minimum Gasteiger partial charge on any atom is -0.199 e. The van der Waals surface area contributed by atoms with Crippen molar-refractivity contribution in [3.05, 3.63) is 13.3 Å². The van der Waals surface area contributed by atoms with Crippen LogP contribution in [0.3, 0.4) is 0 Å². The lowest BCUT2D eigenvalue weighted by Crippen LogP contribution is -2.71. The van der Waals surface area contributed by atoms with Crippen molar-refractivity contribution in [1.82, 2.24) is 0 Å². The highest BCUT2D eigenvalue weighted by molar-refractivity contribution is 5.14. The Balaban J connectivity index is 3.40. The number of unbranched alkanes of at least 4 members (excludes halogenated alkanes) is 3. The van der Waals surface area contributed by atoms with Crippen molar-refractivity contribution < 1.29 is 57.1 Å². The third-order valence-electron chi connectivity index (χ3n) is 5.85. The fraction of sp³-hybridized carbons (Fsp3) is 0.895. The predicted molar refractivity (Wildman–Crippen MR) is 88.9 cm³/mol. The van der Waals surface area contributed by atoms with Crippen molar-refractivity contribution in [3.8, 4) is 0 Å². The molecule has 0 N–H and O–H groups in total. The lowest BCUT2D eigenvalue weighted by Gasteiger charge is -2.43. The van der Waals surface area contributed by atoms with E-state index in [1.54, 1.807) is 6.92 Å². The van der Waals surface area contributed by atoms with Gasteiger partial charge in [-0.1, -0.05) is 39.5 Å². The quantitative estimate of drug-likeness (QED) is 0.198. The smallest absolute Gasteiger partial charge is 0.199 e. The molecule has 1 saturated carbocycles. The Morgan fingerprint density at radius 3 is 1.66 bits per heavy atom. The highest BCUT2D eigenvalue weighted by atomic mass is 19.4. The van der Waals surface area contributed by atoms with Crippen LogP contribution in [-0.2, 0) is 0 Å². The maximum absolute atomic E-state index is 14.7. The van der Waals surface area contributed by atoms with Gasteiger partial charge in [-0.3, -0.25) is 0 Å². The number of alkyl halides is 13. The first-order valence-electron chi connectivity index (χ1n) is 9.84. The molecule has 190 valence electrons. The second-order valence-electron chi connectivity index (χ2n) is 7.98. The van der Waals surface area contributed by atoms with Crippen LogP contribution in [0.2, 0.25) is 0 Å². The SMILES string of the molecule is [CH2]CC1C[CH]C(CCCCCC)C1C(F)(F)C(F)(F)C(F)(F)C(F)(F)C(F)(F)C(F)(F)F. The lowest BCUT2D eigenvalue weighted by atomic mass is 9.76. The third kappa shape index (κ3) is 4.54. The van der Waals surface area contributed by atoms with Crippen LogP contribution in [0, 0.1) is 31.1 Å². The molecule has 0 aromatic heterocycles. The van der Waals surface area contributed by atoms with Gasteiger partial charge in [-0.05, 0) is 37.5 Å². The van der Waals surface area contributed by atoms with Crippen LogP contribution in [0.4, 0.5) is 57.1 Å². The van der Waals surface area contributed by atoms with Gasteiger partial charge in [-0.15, -0.1) is 0 Å². The van der Waals surface area contributed by atoms with Crippen LogP contribution >= 0.6 is 0 Å². The minimum atomic E-state index is -7.86. The topological polar surface area (TPSA) is 0 Å². The Labute approximate surface area is 176 Å². The molecule has 0 spiro atoms. The van der Waals surface area contributed by atoms with Crippen molar-refractivity contribution >= 4 is 0 Å². The van der Waals surface area contributed by atoms with Crippen molar-refractivity contribution in [2.24, 2.45) is 17.8 Å². The van der Waals surface area contributed by atoms with E-state index in [2.05, 4.69) is 6.92 Å². The molecule has 0 heterocycles. The van der Waals surface area contributed by atoms with Crippen LogP contribution in [0.25, 0.3) is 0 Å². The van der Waals surface area contributed by atoms with E-state index in [9.17, 15) is 57.1 Å². The molecule has 1 rings (SSSR count). The van der Waals surface area contributed by atoms with E-state index in [0.717, 1.165) is 6.42 Å². The van der Waals surface area contributed by atoms with Gasteiger partial charge in [0.25, 0.3) is 0 Å². The molecule has 1 fully saturated rings. The normalized spacial score (nSPS) is 24.3. The molecule has 2 radical (unpaired) electrons. The van der Waals surface area contributed by atoms with Crippen LogP contribution in [0.15, 0.2) is 0 Å². The Morgan fingerprint density at radius 1 is 0.719 bits per heavy atom. The van der Waals surface area contributed by atoms with Gasteiger partial charge in [0.1, 0.15) is 0 Å². The van der Waals surface area contributed by atoms with Crippen LogP contribution < -0.4 is 0 Å². The predicted octanol–water partition coefficient (Wildman–Crippen LogP) is 8.38. The second-order valence-corrected chi connectivity index (χ2v) is 7.98. The third-order valence-corrected chi connectivity index (χ3v) is 5.85. The van der Waals surface area contributed by atoms with Gasteiger partial charge in [0.15, 0.2) is 0 Å². The van der Waals surface area contributed by atoms with E-state index in [-0.39, 0.29) is 19.3 Å². The van der Waals surface area contributed by atoms with Gasteiger partial charge in [0, 0.05) is 5.92 Å². The first-order valence-corrected chi connectivity index (χ1v) is 9.84. The molecule has 3 unspecified atom stereocenters. The first-order chi connectivity index (χ1) is 14.3. The Bertz CT molecular complexity index is 609. The van der Waals surface area contributed by atoms with Gasteiger partial charge in [0.2, 0.25) is 0 Å². The summed E-state index contributed by atoms with van der Waals surface area (Å²) in [5.41, 5.74) is 0. The van der Waals surface area contributed by atoms with Crippen molar-refractivity contribution in [1.29, 1.82) is 0 Å². The van der Waals surface area contributed by atoms with Gasteiger partial charge in [-0.2, -0.15) is 57.1 Å². The number of hydrogen-bond donors (Lipinski definition) is 0. The zero-order valence-electron chi connectivity index (χ0n) is 16.9. The summed E-state index contributed by atoms with van der Waals surface area (Å²) in [5.74, 6) is -42.2. The van der Waals surface area contributed by atoms with Crippen molar-refractivity contribution in [2.75, 3.05) is 0 Å². The molecule has 0 aliphatic heterocycles. The van der Waals surface area contributed by atoms with Gasteiger partial charge in [0.05, 0.1) is 0 Å². The van der Waals surface area contributed by atoms with Crippen molar-refractivity contribution in [3.63, 3.8) is 0 Å². The highest BCUT2D eigenvalue weighted by Gasteiger charge is 2.91. The fourth-order valence-electron chi connectivity index (χ4n) is 3.95. The van der Waals surface area contributed by atoms with Crippen LogP contribution in [0.5, 0.6) is 0 Å². The summed E-state index contributed by atoms with van der Waals surface area (Å²) < 4.78 is 175. The Morgan fingerprint density at radius 2 is 1.22 bits per heavy atom. The van der Waals surface area contributed by atoms with E-state index in [1.807, 2.05) is 0 Å². The van der Waals surface area contributed by atoms with E-state index >= 15 is 0 Å². The van der Waals surface area contributed by atoms with E-state index in [4.69, 9.17) is 0 Å². The summed E-state index contributed by atoms with van der Waals surface area (Å²) in [5, 5.41) is 0. The summed E-state index contributed by atoms with van der Waals surface area (Å²) in [6, 6.07) is 0. The number of hydrogen-bond acceptors (Lipinski definition) is 0. The average Bonchev–Trinajstić information content (AvgIpc) is 3.07. The largest absolute Gasteiger partial charge is 0.460 e. The summed E-state index contributed by atoms with van der Waals surface area (Å²) in [6.07, 6.45) is -5.26. The summed E-state index contributed by atoms with van der Waals surface area (Å²) in [4.78, 5) is 0. The van der Waals surface area contributed by atoms with Gasteiger partial charge in [-0.25, -0.2) is 0 Å². The molecule has 0 nitrogen and oxygen atoms in total. The monoisotopic (exact) mass is 498 g/mol. The first kappa shape index (κ1) is 29.1. The molecule has 3 atom stereocenters. The number of halogens is 13. The Kier molecular flexibility index (Phi) is 8.54. The molecule has 32 heavy (non-hydrogen) atoms. The van der Waals surface area contributed by atoms with E-state index in [1.165, 1.54) is 0 Å². The van der Waals surface area contributed by atoms with Crippen molar-refractivity contribution in [2.45, 2.75) is 87.7 Å². The molecular weight excluding hydrogens is 475 g/mol. The molecular formula is C19H23F13. The van der Waals surface area contributed by atoms with Gasteiger partial charge < -0.3 is 0 Å². The average molecular weight is 498 g/mol. The molecule has 1 aliphatic rings. The van der Waals surface area contributed by atoms with E-state index in [0.29, 0.717) is 19.3 Å². The summed E-state index contributed by atoms with van der Waals surface area (Å²) >= 11 is 0. The zero-order valence-corrected chi connectivity index (χ0v) is 16.9. The second kappa shape index (κ2) is 9.38. The van der Waals surface area contributed by atoms with Crippen LogP contribution in [-0.4, -0.2) is 35.8 Å². The molecule has 0 saturated heterocycles. The molecule has 0 aromatic rings. The highest BCUT2D eigenvalue weighted by Crippen LogP contribution is 2.63. The van der Waals surface area contributed by atoms with E-state index < -0.39 is 60.0 Å². The molecule has 0 amide bonds. The maximum Gasteiger partial charge on any atom is 0.460 e. The standard InChI is InChI=1S/C19H23F13/c1-3-5-6-7-8-12-10-9-11(4-2)13(12)14(20,21)15(22,23)16(24,25)17(26,27)18(28,29)19(30,31)32/h10-13H,2-9H2,1H3. The summed E-state index contributed by atoms with van der Waals surface area (Å²) in [7, 11) is 0. The maximum atomic E-state index is 14.7. The molecule has 0 bridgehead atoms.